The fourth-order valence-corrected chi connectivity index (χ4v) is 4.22. The molecule has 2 heterocycles. The second-order valence-corrected chi connectivity index (χ2v) is 8.41. The second-order valence-electron chi connectivity index (χ2n) is 7.46. The predicted octanol–water partition coefficient (Wildman–Crippen LogP) is 4.06. The van der Waals surface area contributed by atoms with Crippen LogP contribution in [0.25, 0.3) is 0 Å². The third-order valence-electron chi connectivity index (χ3n) is 5.21. The summed E-state index contributed by atoms with van der Waals surface area (Å²) >= 11 is 1.42. The van der Waals surface area contributed by atoms with Crippen LogP contribution in [0.3, 0.4) is 0 Å². The lowest BCUT2D eigenvalue weighted by molar-refractivity contribution is -0.149. The number of piperidine rings is 1. The maximum Gasteiger partial charge on any atom is 0.310 e. The van der Waals surface area contributed by atoms with E-state index >= 15 is 0 Å². The number of ether oxygens (including phenoxy) is 2. The van der Waals surface area contributed by atoms with Gasteiger partial charge in [0, 0.05) is 18.5 Å². The number of nitrogens with zero attached hydrogens (tertiary/aromatic N) is 2. The van der Waals surface area contributed by atoms with Gasteiger partial charge in [0.25, 0.3) is 5.91 Å². The van der Waals surface area contributed by atoms with Gasteiger partial charge in [-0.2, -0.15) is 0 Å². The lowest BCUT2D eigenvalue weighted by Crippen LogP contribution is -2.43. The highest BCUT2D eigenvalue weighted by atomic mass is 32.1. The Hall–Kier alpha value is -2.41. The number of carbonyl (C=O) groups is 2. The van der Waals surface area contributed by atoms with E-state index in [1.165, 1.54) is 16.9 Å². The van der Waals surface area contributed by atoms with E-state index < -0.39 is 0 Å². The van der Waals surface area contributed by atoms with Gasteiger partial charge in [-0.05, 0) is 63.3 Å². The summed E-state index contributed by atoms with van der Waals surface area (Å²) in [5.74, 6) is 0.241. The fourth-order valence-electron chi connectivity index (χ4n) is 3.54. The van der Waals surface area contributed by atoms with Crippen molar-refractivity contribution in [3.8, 4) is 5.75 Å². The summed E-state index contributed by atoms with van der Waals surface area (Å²) in [6, 6.07) is 4.15. The molecule has 1 amide bonds. The van der Waals surface area contributed by atoms with E-state index in [9.17, 15) is 9.59 Å². The Morgan fingerprint density at radius 3 is 2.83 bits per heavy atom. The SMILES string of the molecule is CCOC(=O)[C@H]1CCCN(C(=O)c2csc(COc3cc(C)cc(C)c3C)n2)C1. The van der Waals surface area contributed by atoms with Crippen LogP contribution in [0.2, 0.25) is 0 Å². The van der Waals surface area contributed by atoms with Crippen LogP contribution < -0.4 is 4.74 Å². The molecule has 0 bridgehead atoms. The van der Waals surface area contributed by atoms with Crippen LogP contribution in [0, 0.1) is 26.7 Å². The summed E-state index contributed by atoms with van der Waals surface area (Å²) in [7, 11) is 0. The van der Waals surface area contributed by atoms with Crippen LogP contribution >= 0.6 is 11.3 Å². The monoisotopic (exact) mass is 416 g/mol. The maximum absolute atomic E-state index is 12.8. The minimum absolute atomic E-state index is 0.135. The van der Waals surface area contributed by atoms with Gasteiger partial charge < -0.3 is 14.4 Å². The summed E-state index contributed by atoms with van der Waals surface area (Å²) in [6.45, 7) is 9.66. The molecule has 29 heavy (non-hydrogen) atoms. The number of benzene rings is 1. The zero-order chi connectivity index (χ0) is 21.0. The number of rotatable bonds is 6. The minimum atomic E-state index is -0.248. The average molecular weight is 417 g/mol. The number of esters is 1. The molecule has 2 aromatic rings. The Morgan fingerprint density at radius 1 is 1.28 bits per heavy atom. The van der Waals surface area contributed by atoms with E-state index in [1.54, 1.807) is 17.2 Å². The Morgan fingerprint density at radius 2 is 2.07 bits per heavy atom. The highest BCUT2D eigenvalue weighted by Crippen LogP contribution is 2.25. The van der Waals surface area contributed by atoms with Gasteiger partial charge in [0.05, 0.1) is 12.5 Å². The first-order valence-electron chi connectivity index (χ1n) is 10.00. The van der Waals surface area contributed by atoms with Crippen LogP contribution in [0.15, 0.2) is 17.5 Å². The zero-order valence-electron chi connectivity index (χ0n) is 17.5. The molecule has 1 aliphatic rings. The van der Waals surface area contributed by atoms with E-state index in [2.05, 4.69) is 18.0 Å². The summed E-state index contributed by atoms with van der Waals surface area (Å²) in [5, 5.41) is 2.52. The minimum Gasteiger partial charge on any atom is -0.486 e. The molecule has 6 nitrogen and oxygen atoms in total. The van der Waals surface area contributed by atoms with E-state index in [4.69, 9.17) is 9.47 Å². The van der Waals surface area contributed by atoms with Gasteiger partial charge in [-0.25, -0.2) is 4.98 Å². The van der Waals surface area contributed by atoms with Gasteiger partial charge in [-0.15, -0.1) is 11.3 Å². The number of amides is 1. The molecule has 0 aliphatic carbocycles. The van der Waals surface area contributed by atoms with Crippen molar-refractivity contribution in [3.63, 3.8) is 0 Å². The van der Waals surface area contributed by atoms with Gasteiger partial charge in [-0.3, -0.25) is 9.59 Å². The van der Waals surface area contributed by atoms with E-state index in [0.717, 1.165) is 34.7 Å². The molecular weight excluding hydrogens is 388 g/mol. The van der Waals surface area contributed by atoms with Gasteiger partial charge >= 0.3 is 5.97 Å². The predicted molar refractivity (Wildman–Crippen MR) is 112 cm³/mol. The Kier molecular flexibility index (Phi) is 6.90. The van der Waals surface area contributed by atoms with Crippen molar-refractivity contribution in [1.29, 1.82) is 0 Å². The molecule has 1 atom stereocenters. The van der Waals surface area contributed by atoms with Gasteiger partial charge in [0.2, 0.25) is 0 Å². The standard InChI is InChI=1S/C22H28N2O4S/c1-5-27-22(26)17-7-6-8-24(11-17)21(25)18-13-29-20(23-18)12-28-19-10-14(2)9-15(3)16(19)4/h9-10,13,17H,5-8,11-12H2,1-4H3/t17-/m0/s1. The zero-order valence-corrected chi connectivity index (χ0v) is 18.3. The van der Waals surface area contributed by atoms with Crippen molar-refractivity contribution >= 4 is 23.2 Å². The normalized spacial score (nSPS) is 16.6. The molecule has 1 aromatic heterocycles. The van der Waals surface area contributed by atoms with Crippen molar-refractivity contribution in [2.75, 3.05) is 19.7 Å². The Labute approximate surface area is 175 Å². The third kappa shape index (κ3) is 5.15. The number of aryl methyl sites for hydroxylation is 2. The summed E-state index contributed by atoms with van der Waals surface area (Å²) < 4.78 is 11.1. The summed E-state index contributed by atoms with van der Waals surface area (Å²) in [4.78, 5) is 31.0. The molecule has 1 aromatic carbocycles. The first-order valence-corrected chi connectivity index (χ1v) is 10.9. The fraction of sp³-hybridized carbons (Fsp3) is 0.500. The molecule has 1 fully saturated rings. The highest BCUT2D eigenvalue weighted by Gasteiger charge is 2.30. The largest absolute Gasteiger partial charge is 0.486 e. The van der Waals surface area contributed by atoms with Crippen LogP contribution in [0.5, 0.6) is 5.75 Å². The lowest BCUT2D eigenvalue weighted by atomic mass is 9.98. The number of carbonyl (C=O) groups excluding carboxylic acids is 2. The first-order chi connectivity index (χ1) is 13.9. The molecule has 7 heteroatoms. The van der Waals surface area contributed by atoms with E-state index in [0.29, 0.717) is 32.0 Å². The molecule has 0 unspecified atom stereocenters. The quantitative estimate of drug-likeness (QED) is 0.664. The van der Waals surface area contributed by atoms with Crippen molar-refractivity contribution < 1.29 is 19.1 Å². The molecule has 0 spiro atoms. The first kappa shape index (κ1) is 21.3. The number of likely N-dealkylation sites (tertiary alicyclic amines) is 1. The van der Waals surface area contributed by atoms with E-state index in [-0.39, 0.29) is 17.8 Å². The van der Waals surface area contributed by atoms with Gasteiger partial charge in [-0.1, -0.05) is 6.07 Å². The summed E-state index contributed by atoms with van der Waals surface area (Å²) in [6.07, 6.45) is 1.55. The molecular formula is C22H28N2O4S. The number of hydrogen-bond donors (Lipinski definition) is 0. The number of hydrogen-bond acceptors (Lipinski definition) is 6. The molecule has 0 N–H and O–H groups in total. The van der Waals surface area contributed by atoms with E-state index in [1.807, 2.05) is 19.9 Å². The van der Waals surface area contributed by atoms with Gasteiger partial charge in [0.15, 0.2) is 0 Å². The number of thiazole rings is 1. The van der Waals surface area contributed by atoms with Crippen molar-refractivity contribution in [3.05, 3.63) is 44.9 Å². The maximum atomic E-state index is 12.8. The Bertz CT molecular complexity index is 893. The number of aromatic nitrogens is 1. The Balaban J connectivity index is 1.62. The van der Waals surface area contributed by atoms with Gasteiger partial charge in [0.1, 0.15) is 23.1 Å². The molecule has 156 valence electrons. The average Bonchev–Trinajstić information content (AvgIpc) is 3.18. The molecule has 1 aliphatic heterocycles. The van der Waals surface area contributed by atoms with Crippen LogP contribution in [0.1, 0.15) is 52.0 Å². The second kappa shape index (κ2) is 9.39. The molecule has 1 saturated heterocycles. The summed E-state index contributed by atoms with van der Waals surface area (Å²) in [5.41, 5.74) is 3.87. The molecule has 0 radical (unpaired) electrons. The van der Waals surface area contributed by atoms with Crippen molar-refractivity contribution in [2.24, 2.45) is 5.92 Å². The van der Waals surface area contributed by atoms with Crippen molar-refractivity contribution in [2.45, 2.75) is 47.1 Å². The van der Waals surface area contributed by atoms with Crippen molar-refractivity contribution in [1.82, 2.24) is 9.88 Å². The van der Waals surface area contributed by atoms with Crippen LogP contribution in [-0.4, -0.2) is 41.5 Å². The smallest absolute Gasteiger partial charge is 0.310 e. The molecule has 0 saturated carbocycles. The van der Waals surface area contributed by atoms with Crippen LogP contribution in [0.4, 0.5) is 0 Å². The lowest BCUT2D eigenvalue weighted by Gasteiger charge is -2.31. The topological polar surface area (TPSA) is 68.7 Å². The third-order valence-corrected chi connectivity index (χ3v) is 6.04. The van der Waals surface area contributed by atoms with Crippen LogP contribution in [-0.2, 0) is 16.1 Å². The molecule has 3 rings (SSSR count). The highest BCUT2D eigenvalue weighted by molar-refractivity contribution is 7.09.